The average Bonchev–Trinajstić information content (AvgIpc) is 2.38. The predicted octanol–water partition coefficient (Wildman–Crippen LogP) is 2.87. The van der Waals surface area contributed by atoms with Crippen LogP contribution in [0.15, 0.2) is 24.3 Å². The fraction of sp³-hybridized carbons (Fsp3) is 0.611. The molecular formula is C18H27ClN2O2. The van der Waals surface area contributed by atoms with Crippen LogP contribution >= 0.6 is 11.6 Å². The molecule has 128 valence electrons. The fourth-order valence-electron chi connectivity index (χ4n) is 3.14. The molecule has 2 N–H and O–H groups in total. The highest BCUT2D eigenvalue weighted by Gasteiger charge is 2.28. The van der Waals surface area contributed by atoms with Gasteiger partial charge in [0.2, 0.25) is 0 Å². The molecule has 1 aliphatic heterocycles. The summed E-state index contributed by atoms with van der Waals surface area (Å²) in [7, 11) is 0. The number of ether oxygens (including phenoxy) is 1. The number of rotatable bonds is 4. The van der Waals surface area contributed by atoms with Crippen LogP contribution in [0.2, 0.25) is 5.02 Å². The molecule has 1 heterocycles. The van der Waals surface area contributed by atoms with Gasteiger partial charge in [-0.3, -0.25) is 9.69 Å². The number of carbonyl (C=O) groups excluding carboxylic acids is 1. The molecule has 1 fully saturated rings. The van der Waals surface area contributed by atoms with E-state index in [4.69, 9.17) is 22.1 Å². The maximum atomic E-state index is 12.0. The number of hydrogen-bond donors (Lipinski definition) is 1. The van der Waals surface area contributed by atoms with Crippen LogP contribution in [0.1, 0.15) is 32.8 Å². The molecule has 0 saturated carbocycles. The second kappa shape index (κ2) is 7.65. The lowest BCUT2D eigenvalue weighted by molar-refractivity contribution is -0.156. The third-order valence-electron chi connectivity index (χ3n) is 3.86. The standard InChI is InChI=1S/C18H27ClN2O2/c1-18(2,3)23-17(22)12-21-10-14(9-16(20)11-21)8-13-4-6-15(19)7-5-13/h4-7,14,16H,8-12,20H2,1-3H3. The largest absolute Gasteiger partial charge is 0.459 e. The monoisotopic (exact) mass is 338 g/mol. The zero-order chi connectivity index (χ0) is 17.0. The van der Waals surface area contributed by atoms with Gasteiger partial charge in [0, 0.05) is 24.2 Å². The van der Waals surface area contributed by atoms with Crippen LogP contribution in [0.25, 0.3) is 0 Å². The Balaban J connectivity index is 1.90. The van der Waals surface area contributed by atoms with Gasteiger partial charge in [0.15, 0.2) is 0 Å². The van der Waals surface area contributed by atoms with Gasteiger partial charge in [0.05, 0.1) is 6.54 Å². The van der Waals surface area contributed by atoms with E-state index in [9.17, 15) is 4.79 Å². The van der Waals surface area contributed by atoms with Crippen LogP contribution in [0, 0.1) is 5.92 Å². The van der Waals surface area contributed by atoms with E-state index in [2.05, 4.69) is 17.0 Å². The summed E-state index contributed by atoms with van der Waals surface area (Å²) >= 11 is 5.93. The van der Waals surface area contributed by atoms with Crippen LogP contribution in [-0.2, 0) is 16.0 Å². The quantitative estimate of drug-likeness (QED) is 0.858. The first-order chi connectivity index (χ1) is 10.7. The SMILES string of the molecule is CC(C)(C)OC(=O)CN1CC(N)CC(Cc2ccc(Cl)cc2)C1. The van der Waals surface area contributed by atoms with Gasteiger partial charge in [0.1, 0.15) is 5.60 Å². The van der Waals surface area contributed by atoms with Crippen LogP contribution < -0.4 is 5.73 Å². The minimum Gasteiger partial charge on any atom is -0.459 e. The summed E-state index contributed by atoms with van der Waals surface area (Å²) in [6.45, 7) is 7.58. The summed E-state index contributed by atoms with van der Waals surface area (Å²) < 4.78 is 5.41. The molecular weight excluding hydrogens is 312 g/mol. The highest BCUT2D eigenvalue weighted by Crippen LogP contribution is 2.21. The van der Waals surface area contributed by atoms with Gasteiger partial charge >= 0.3 is 5.97 Å². The molecule has 0 amide bonds. The fourth-order valence-corrected chi connectivity index (χ4v) is 3.26. The topological polar surface area (TPSA) is 55.6 Å². The van der Waals surface area contributed by atoms with Crippen molar-refractivity contribution in [3.05, 3.63) is 34.9 Å². The molecule has 2 rings (SSSR count). The molecule has 1 aliphatic rings. The maximum Gasteiger partial charge on any atom is 0.320 e. The van der Waals surface area contributed by atoms with E-state index in [-0.39, 0.29) is 12.0 Å². The number of benzene rings is 1. The summed E-state index contributed by atoms with van der Waals surface area (Å²) in [5.41, 5.74) is 6.99. The number of esters is 1. The molecule has 5 heteroatoms. The second-order valence-electron chi connectivity index (χ2n) is 7.47. The lowest BCUT2D eigenvalue weighted by Gasteiger charge is -2.36. The lowest BCUT2D eigenvalue weighted by Crippen LogP contribution is -2.49. The normalized spacial score (nSPS) is 22.8. The van der Waals surface area contributed by atoms with E-state index >= 15 is 0 Å². The molecule has 0 bridgehead atoms. The van der Waals surface area contributed by atoms with Gasteiger partial charge in [-0.25, -0.2) is 0 Å². The van der Waals surface area contributed by atoms with Gasteiger partial charge < -0.3 is 10.5 Å². The van der Waals surface area contributed by atoms with Crippen molar-refractivity contribution in [1.29, 1.82) is 0 Å². The lowest BCUT2D eigenvalue weighted by atomic mass is 9.89. The summed E-state index contributed by atoms with van der Waals surface area (Å²) in [5.74, 6) is 0.263. The Kier molecular flexibility index (Phi) is 6.06. The van der Waals surface area contributed by atoms with Gasteiger partial charge in [-0.1, -0.05) is 23.7 Å². The molecule has 1 aromatic carbocycles. The molecule has 0 radical (unpaired) electrons. The summed E-state index contributed by atoms with van der Waals surface area (Å²) in [4.78, 5) is 14.1. The van der Waals surface area contributed by atoms with Gasteiger partial charge in [-0.05, 0) is 57.2 Å². The average molecular weight is 339 g/mol. The van der Waals surface area contributed by atoms with Crippen LogP contribution in [0.5, 0.6) is 0 Å². The van der Waals surface area contributed by atoms with Crippen molar-refractivity contribution in [2.45, 2.75) is 45.3 Å². The van der Waals surface area contributed by atoms with Gasteiger partial charge in [-0.15, -0.1) is 0 Å². The van der Waals surface area contributed by atoms with Crippen molar-refractivity contribution < 1.29 is 9.53 Å². The first-order valence-corrected chi connectivity index (χ1v) is 8.53. The minimum absolute atomic E-state index is 0.100. The second-order valence-corrected chi connectivity index (χ2v) is 7.91. The van der Waals surface area contributed by atoms with Crippen molar-refractivity contribution in [3.8, 4) is 0 Å². The maximum absolute atomic E-state index is 12.0. The van der Waals surface area contributed by atoms with Crippen molar-refractivity contribution in [1.82, 2.24) is 4.90 Å². The Morgan fingerprint density at radius 1 is 1.30 bits per heavy atom. The van der Waals surface area contributed by atoms with Crippen molar-refractivity contribution in [3.63, 3.8) is 0 Å². The highest BCUT2D eigenvalue weighted by molar-refractivity contribution is 6.30. The third kappa shape index (κ3) is 6.50. The smallest absolute Gasteiger partial charge is 0.320 e. The minimum atomic E-state index is -0.447. The van der Waals surface area contributed by atoms with Gasteiger partial charge in [0.25, 0.3) is 0 Å². The zero-order valence-corrected chi connectivity index (χ0v) is 15.0. The van der Waals surface area contributed by atoms with E-state index in [0.29, 0.717) is 12.5 Å². The number of likely N-dealkylation sites (tertiary alicyclic amines) is 1. The number of carbonyl (C=O) groups is 1. The van der Waals surface area contributed by atoms with Crippen molar-refractivity contribution in [2.75, 3.05) is 19.6 Å². The van der Waals surface area contributed by atoms with E-state index in [1.807, 2.05) is 32.9 Å². The summed E-state index contributed by atoms with van der Waals surface area (Å²) in [6, 6.07) is 8.04. The van der Waals surface area contributed by atoms with Crippen LogP contribution in [0.4, 0.5) is 0 Å². The van der Waals surface area contributed by atoms with E-state index in [1.165, 1.54) is 5.56 Å². The zero-order valence-electron chi connectivity index (χ0n) is 14.2. The Morgan fingerprint density at radius 2 is 1.96 bits per heavy atom. The highest BCUT2D eigenvalue weighted by atomic mass is 35.5. The Hall–Kier alpha value is -1.10. The molecule has 1 saturated heterocycles. The predicted molar refractivity (Wildman–Crippen MR) is 93.5 cm³/mol. The molecule has 0 aromatic heterocycles. The molecule has 0 spiro atoms. The molecule has 2 atom stereocenters. The number of hydrogen-bond acceptors (Lipinski definition) is 4. The van der Waals surface area contributed by atoms with Crippen molar-refractivity contribution in [2.24, 2.45) is 11.7 Å². The first-order valence-electron chi connectivity index (χ1n) is 8.15. The van der Waals surface area contributed by atoms with Crippen LogP contribution in [0.3, 0.4) is 0 Å². The molecule has 0 aliphatic carbocycles. The molecule has 23 heavy (non-hydrogen) atoms. The van der Waals surface area contributed by atoms with Crippen LogP contribution in [-0.4, -0.2) is 42.1 Å². The van der Waals surface area contributed by atoms with Crippen molar-refractivity contribution >= 4 is 17.6 Å². The number of piperidine rings is 1. The number of nitrogens with two attached hydrogens (primary N) is 1. The van der Waals surface area contributed by atoms with Gasteiger partial charge in [-0.2, -0.15) is 0 Å². The number of halogens is 1. The summed E-state index contributed by atoms with van der Waals surface area (Å²) in [6.07, 6.45) is 1.93. The first kappa shape index (κ1) is 18.2. The Morgan fingerprint density at radius 3 is 2.57 bits per heavy atom. The number of nitrogens with zero attached hydrogens (tertiary/aromatic N) is 1. The third-order valence-corrected chi connectivity index (χ3v) is 4.11. The Bertz CT molecular complexity index is 525. The Labute approximate surface area is 143 Å². The summed E-state index contributed by atoms with van der Waals surface area (Å²) in [5, 5.41) is 0.751. The van der Waals surface area contributed by atoms with E-state index in [0.717, 1.165) is 31.0 Å². The van der Waals surface area contributed by atoms with E-state index < -0.39 is 5.60 Å². The molecule has 4 nitrogen and oxygen atoms in total. The molecule has 2 unspecified atom stereocenters. The van der Waals surface area contributed by atoms with E-state index in [1.54, 1.807) is 0 Å². The molecule has 1 aromatic rings.